The number of likely N-dealkylation sites (N-methyl/N-ethyl adjacent to an activating group) is 1. The van der Waals surface area contributed by atoms with Gasteiger partial charge in [0.2, 0.25) is 0 Å². The number of hydrogen-bond acceptors (Lipinski definition) is 3. The predicted molar refractivity (Wildman–Crippen MR) is 79.1 cm³/mol. The minimum Gasteiger partial charge on any atom is -0.314 e. The summed E-state index contributed by atoms with van der Waals surface area (Å²) in [5.41, 5.74) is 1.28. The highest BCUT2D eigenvalue weighted by Crippen LogP contribution is 2.31. The third-order valence-corrected chi connectivity index (χ3v) is 5.01. The maximum absolute atomic E-state index is 4.62. The smallest absolute Gasteiger partial charge is 0.0897 e. The molecule has 2 nitrogen and oxygen atoms in total. The number of nitrogens with zero attached hydrogens (tertiary/aromatic N) is 1. The normalized spacial score (nSPS) is 26.2. The van der Waals surface area contributed by atoms with E-state index in [1.165, 1.54) is 36.4 Å². The molecule has 2 rings (SSSR count). The van der Waals surface area contributed by atoms with Crippen LogP contribution < -0.4 is 5.32 Å². The Morgan fingerprint density at radius 1 is 1.39 bits per heavy atom. The molecule has 0 bridgehead atoms. The first kappa shape index (κ1) is 14.0. The lowest BCUT2D eigenvalue weighted by molar-refractivity contribution is 0.230. The molecule has 1 aliphatic carbocycles. The summed E-state index contributed by atoms with van der Waals surface area (Å²) in [6.07, 6.45) is 6.70. The molecule has 0 saturated heterocycles. The van der Waals surface area contributed by atoms with Crippen molar-refractivity contribution >= 4 is 11.3 Å². The van der Waals surface area contributed by atoms with E-state index in [-0.39, 0.29) is 0 Å². The molecule has 1 saturated carbocycles. The lowest BCUT2D eigenvalue weighted by atomic mass is 9.78. The van der Waals surface area contributed by atoms with Crippen LogP contribution in [0.3, 0.4) is 0 Å². The van der Waals surface area contributed by atoms with Crippen molar-refractivity contribution in [3.8, 4) is 0 Å². The summed E-state index contributed by atoms with van der Waals surface area (Å²) in [7, 11) is 0. The fraction of sp³-hybridized carbons (Fsp3) is 0.800. The zero-order valence-electron chi connectivity index (χ0n) is 11.9. The van der Waals surface area contributed by atoms with Crippen LogP contribution in [0.5, 0.6) is 0 Å². The minimum atomic E-state index is 0.629. The van der Waals surface area contributed by atoms with Crippen molar-refractivity contribution in [1.29, 1.82) is 0 Å². The number of thiazole rings is 1. The van der Waals surface area contributed by atoms with Gasteiger partial charge in [-0.1, -0.05) is 26.7 Å². The fourth-order valence-corrected chi connectivity index (χ4v) is 3.71. The molecule has 0 aliphatic heterocycles. The molecular formula is C15H26N2S. The largest absolute Gasteiger partial charge is 0.314 e. The molecule has 1 aliphatic rings. The second kappa shape index (κ2) is 6.67. The monoisotopic (exact) mass is 266 g/mol. The van der Waals surface area contributed by atoms with Gasteiger partial charge in [0.1, 0.15) is 0 Å². The highest BCUT2D eigenvalue weighted by molar-refractivity contribution is 7.09. The van der Waals surface area contributed by atoms with Crippen molar-refractivity contribution in [2.75, 3.05) is 6.54 Å². The molecule has 1 fully saturated rings. The summed E-state index contributed by atoms with van der Waals surface area (Å²) < 4.78 is 0. The molecule has 102 valence electrons. The van der Waals surface area contributed by atoms with E-state index >= 15 is 0 Å². The van der Waals surface area contributed by atoms with Crippen LogP contribution in [-0.2, 0) is 6.42 Å². The quantitative estimate of drug-likeness (QED) is 0.877. The molecule has 1 aromatic rings. The Hall–Kier alpha value is -0.410. The molecule has 0 radical (unpaired) electrons. The van der Waals surface area contributed by atoms with Crippen LogP contribution in [0.2, 0.25) is 0 Å². The van der Waals surface area contributed by atoms with Gasteiger partial charge in [0.25, 0.3) is 0 Å². The topological polar surface area (TPSA) is 24.9 Å². The van der Waals surface area contributed by atoms with Crippen molar-refractivity contribution in [3.63, 3.8) is 0 Å². The molecule has 0 aromatic carbocycles. The van der Waals surface area contributed by atoms with Gasteiger partial charge < -0.3 is 5.32 Å². The van der Waals surface area contributed by atoms with E-state index in [2.05, 4.69) is 36.5 Å². The van der Waals surface area contributed by atoms with Gasteiger partial charge in [-0.2, -0.15) is 0 Å². The van der Waals surface area contributed by atoms with Crippen LogP contribution in [0.25, 0.3) is 0 Å². The van der Waals surface area contributed by atoms with Gasteiger partial charge >= 0.3 is 0 Å². The minimum absolute atomic E-state index is 0.629. The highest BCUT2D eigenvalue weighted by Gasteiger charge is 2.26. The van der Waals surface area contributed by atoms with Gasteiger partial charge in [0.15, 0.2) is 0 Å². The molecule has 1 atom stereocenters. The summed E-state index contributed by atoms with van der Waals surface area (Å²) >= 11 is 1.77. The van der Waals surface area contributed by atoms with E-state index in [0.29, 0.717) is 6.04 Å². The van der Waals surface area contributed by atoms with Gasteiger partial charge in [-0.05, 0) is 38.1 Å². The third kappa shape index (κ3) is 3.79. The van der Waals surface area contributed by atoms with Crippen molar-refractivity contribution in [3.05, 3.63) is 16.1 Å². The van der Waals surface area contributed by atoms with Crippen molar-refractivity contribution < 1.29 is 0 Å². The molecule has 0 amide bonds. The van der Waals surface area contributed by atoms with Crippen LogP contribution in [0.15, 0.2) is 5.38 Å². The second-order valence-electron chi connectivity index (χ2n) is 5.75. The van der Waals surface area contributed by atoms with E-state index in [4.69, 9.17) is 0 Å². The van der Waals surface area contributed by atoms with Crippen molar-refractivity contribution in [2.45, 2.75) is 58.9 Å². The molecule has 1 heterocycles. The van der Waals surface area contributed by atoms with Crippen LogP contribution >= 0.6 is 11.3 Å². The fourth-order valence-electron chi connectivity index (χ4n) is 3.08. The average Bonchev–Trinajstić information content (AvgIpc) is 2.75. The lowest BCUT2D eigenvalue weighted by Crippen LogP contribution is -2.39. The summed E-state index contributed by atoms with van der Waals surface area (Å²) in [5, 5.41) is 7.11. The first-order chi connectivity index (χ1) is 8.69. The summed E-state index contributed by atoms with van der Waals surface area (Å²) in [4.78, 5) is 4.62. The Morgan fingerprint density at radius 3 is 2.67 bits per heavy atom. The first-order valence-corrected chi connectivity index (χ1v) is 8.21. The molecule has 3 heteroatoms. The summed E-state index contributed by atoms with van der Waals surface area (Å²) in [6.45, 7) is 7.77. The highest BCUT2D eigenvalue weighted by atomic mass is 32.1. The van der Waals surface area contributed by atoms with Gasteiger partial charge in [-0.3, -0.25) is 0 Å². The van der Waals surface area contributed by atoms with E-state index in [1.54, 1.807) is 11.3 Å². The summed E-state index contributed by atoms with van der Waals surface area (Å²) in [6, 6.07) is 0.629. The Balaban J connectivity index is 1.94. The van der Waals surface area contributed by atoms with Crippen LogP contribution in [-0.4, -0.2) is 17.6 Å². The van der Waals surface area contributed by atoms with E-state index in [0.717, 1.165) is 24.8 Å². The number of aromatic nitrogens is 1. The number of rotatable bonds is 5. The SMILES string of the molecule is CCNC(Cc1csc(C)n1)C1CCC(C)CC1. The molecule has 1 N–H and O–H groups in total. The molecular weight excluding hydrogens is 240 g/mol. The Kier molecular flexibility index (Phi) is 5.19. The average molecular weight is 266 g/mol. The molecule has 1 unspecified atom stereocenters. The van der Waals surface area contributed by atoms with Gasteiger partial charge in [0.05, 0.1) is 10.7 Å². The third-order valence-electron chi connectivity index (χ3n) is 4.19. The van der Waals surface area contributed by atoms with Crippen LogP contribution in [0.4, 0.5) is 0 Å². The lowest BCUT2D eigenvalue weighted by Gasteiger charge is -2.33. The zero-order valence-corrected chi connectivity index (χ0v) is 12.7. The van der Waals surface area contributed by atoms with Crippen molar-refractivity contribution in [1.82, 2.24) is 10.3 Å². The number of hydrogen-bond donors (Lipinski definition) is 1. The Labute approximate surface area is 115 Å². The maximum atomic E-state index is 4.62. The first-order valence-electron chi connectivity index (χ1n) is 7.33. The molecule has 18 heavy (non-hydrogen) atoms. The van der Waals surface area contributed by atoms with Crippen molar-refractivity contribution in [2.24, 2.45) is 11.8 Å². The second-order valence-corrected chi connectivity index (χ2v) is 6.81. The van der Waals surface area contributed by atoms with E-state index in [9.17, 15) is 0 Å². The Morgan fingerprint density at radius 2 is 2.11 bits per heavy atom. The van der Waals surface area contributed by atoms with Gasteiger partial charge in [0, 0.05) is 17.8 Å². The predicted octanol–water partition coefficient (Wildman–Crippen LogP) is 3.80. The zero-order chi connectivity index (χ0) is 13.0. The van der Waals surface area contributed by atoms with E-state index in [1.807, 2.05) is 0 Å². The van der Waals surface area contributed by atoms with Crippen LogP contribution in [0.1, 0.15) is 50.2 Å². The molecule has 0 spiro atoms. The Bertz CT molecular complexity index is 353. The van der Waals surface area contributed by atoms with E-state index < -0.39 is 0 Å². The molecule has 1 aromatic heterocycles. The standard InChI is InChI=1S/C15H26N2S/c1-4-16-15(9-14-10-18-12(3)17-14)13-7-5-11(2)6-8-13/h10-11,13,15-16H,4-9H2,1-3H3. The maximum Gasteiger partial charge on any atom is 0.0897 e. The van der Waals surface area contributed by atoms with Crippen LogP contribution in [0, 0.1) is 18.8 Å². The van der Waals surface area contributed by atoms with Gasteiger partial charge in [-0.15, -0.1) is 11.3 Å². The number of nitrogens with one attached hydrogen (secondary N) is 1. The number of aryl methyl sites for hydroxylation is 1. The van der Waals surface area contributed by atoms with Gasteiger partial charge in [-0.25, -0.2) is 4.98 Å². The summed E-state index contributed by atoms with van der Waals surface area (Å²) in [5.74, 6) is 1.79.